The normalized spacial score (nSPS) is 10.9. The van der Waals surface area contributed by atoms with E-state index in [2.05, 4.69) is 25.6 Å². The molecule has 0 aliphatic heterocycles. The summed E-state index contributed by atoms with van der Waals surface area (Å²) in [6, 6.07) is 11.5. The second-order valence-corrected chi connectivity index (χ2v) is 6.88. The summed E-state index contributed by atoms with van der Waals surface area (Å²) in [7, 11) is -3.69. The molecule has 0 bridgehead atoms. The first-order valence-electron chi connectivity index (χ1n) is 6.04. The third-order valence-electron chi connectivity index (χ3n) is 2.78. The molecule has 0 unspecified atom stereocenters. The van der Waals surface area contributed by atoms with Crippen LogP contribution in [0.5, 0.6) is 0 Å². The molecule has 0 aliphatic rings. The molecule has 0 fully saturated rings. The summed E-state index contributed by atoms with van der Waals surface area (Å²) in [5.41, 5.74) is 1.47. The van der Waals surface area contributed by atoms with Crippen LogP contribution in [-0.2, 0) is 16.4 Å². The first kappa shape index (κ1) is 15.5. The van der Waals surface area contributed by atoms with Gasteiger partial charge < -0.3 is 0 Å². The number of benzene rings is 1. The van der Waals surface area contributed by atoms with Crippen LogP contribution in [0.25, 0.3) is 0 Å². The number of aromatic nitrogens is 1. The summed E-state index contributed by atoms with van der Waals surface area (Å²) < 4.78 is 27.7. The number of nitrogens with zero attached hydrogens (tertiary/aromatic N) is 2. The van der Waals surface area contributed by atoms with Crippen molar-refractivity contribution >= 4 is 31.8 Å². The highest BCUT2D eigenvalue weighted by molar-refractivity contribution is 9.10. The van der Waals surface area contributed by atoms with Crippen molar-refractivity contribution in [1.29, 1.82) is 5.26 Å². The molecule has 21 heavy (non-hydrogen) atoms. The Balaban J connectivity index is 2.25. The second-order valence-electron chi connectivity index (χ2n) is 4.35. The molecule has 0 saturated heterocycles. The molecule has 1 heterocycles. The van der Waals surface area contributed by atoms with E-state index < -0.39 is 10.0 Å². The molecule has 0 amide bonds. The Hall–Kier alpha value is -1.91. The smallest absolute Gasteiger partial charge is 0.263 e. The third kappa shape index (κ3) is 3.80. The zero-order valence-corrected chi connectivity index (χ0v) is 13.6. The fourth-order valence-electron chi connectivity index (χ4n) is 1.68. The average molecular weight is 366 g/mol. The topological polar surface area (TPSA) is 82.8 Å². The largest absolute Gasteiger partial charge is 0.263 e. The predicted octanol–water partition coefficient (Wildman–Crippen LogP) is 3.02. The lowest BCUT2D eigenvalue weighted by atomic mass is 10.2. The number of nitrogens with one attached hydrogen (secondary N) is 1. The first-order chi connectivity index (χ1) is 9.92. The number of aryl methyl sites for hydroxylation is 1. The predicted molar refractivity (Wildman–Crippen MR) is 83.2 cm³/mol. The van der Waals surface area contributed by atoms with Crippen LogP contribution in [0.15, 0.2) is 45.8 Å². The van der Waals surface area contributed by atoms with E-state index >= 15 is 0 Å². The number of sulfonamides is 1. The summed E-state index contributed by atoms with van der Waals surface area (Å²) in [6.07, 6.45) is 0.251. The second kappa shape index (κ2) is 6.24. The van der Waals surface area contributed by atoms with Crippen molar-refractivity contribution in [2.45, 2.75) is 18.2 Å². The lowest BCUT2D eigenvalue weighted by molar-refractivity contribution is 0.601. The maximum atomic E-state index is 12.2. The minimum atomic E-state index is -3.69. The van der Waals surface area contributed by atoms with E-state index in [0.717, 1.165) is 10.0 Å². The van der Waals surface area contributed by atoms with Crippen LogP contribution in [0.4, 0.5) is 5.82 Å². The summed E-state index contributed by atoms with van der Waals surface area (Å²) in [5, 5.41) is 8.60. The van der Waals surface area contributed by atoms with Gasteiger partial charge in [0, 0.05) is 4.47 Å². The monoisotopic (exact) mass is 365 g/mol. The van der Waals surface area contributed by atoms with Crippen molar-refractivity contribution < 1.29 is 8.42 Å². The van der Waals surface area contributed by atoms with Crippen molar-refractivity contribution in [2.75, 3.05) is 4.72 Å². The van der Waals surface area contributed by atoms with Gasteiger partial charge in [0.2, 0.25) is 0 Å². The summed E-state index contributed by atoms with van der Waals surface area (Å²) in [5.74, 6) is 0.261. The molecule has 5 nitrogen and oxygen atoms in total. The average Bonchev–Trinajstić information content (AvgIpc) is 2.44. The zero-order chi connectivity index (χ0) is 15.5. The fourth-order valence-corrected chi connectivity index (χ4v) is 2.90. The van der Waals surface area contributed by atoms with Crippen molar-refractivity contribution in [3.63, 3.8) is 0 Å². The number of nitriles is 1. The van der Waals surface area contributed by atoms with Crippen molar-refractivity contribution in [3.05, 3.63) is 52.1 Å². The molecule has 1 aromatic heterocycles. The van der Waals surface area contributed by atoms with Crippen molar-refractivity contribution in [3.8, 4) is 6.07 Å². The Morgan fingerprint density at radius 3 is 2.48 bits per heavy atom. The van der Waals surface area contributed by atoms with Gasteiger partial charge in [-0.15, -0.1) is 0 Å². The summed E-state index contributed by atoms with van der Waals surface area (Å²) in [6.45, 7) is 1.78. The Morgan fingerprint density at radius 2 is 1.90 bits per heavy atom. The van der Waals surface area contributed by atoms with E-state index in [0.29, 0.717) is 5.69 Å². The molecule has 7 heteroatoms. The van der Waals surface area contributed by atoms with E-state index in [1.165, 1.54) is 12.1 Å². The maximum absolute atomic E-state index is 12.2. The van der Waals surface area contributed by atoms with Gasteiger partial charge in [-0.3, -0.25) is 4.72 Å². The van der Waals surface area contributed by atoms with Crippen LogP contribution in [0.1, 0.15) is 11.3 Å². The van der Waals surface area contributed by atoms with Gasteiger partial charge in [-0.25, -0.2) is 13.4 Å². The molecule has 0 radical (unpaired) electrons. The lowest BCUT2D eigenvalue weighted by Crippen LogP contribution is -2.14. The summed E-state index contributed by atoms with van der Waals surface area (Å²) >= 11 is 3.31. The Kier molecular flexibility index (Phi) is 4.60. The van der Waals surface area contributed by atoms with Crippen LogP contribution < -0.4 is 4.72 Å². The molecule has 0 aliphatic carbocycles. The van der Waals surface area contributed by atoms with Gasteiger partial charge in [0.1, 0.15) is 5.82 Å². The molecule has 108 valence electrons. The maximum Gasteiger partial charge on any atom is 0.263 e. The Bertz CT molecular complexity index is 796. The standard InChI is InChI=1S/C14H12BrN3O2S/c1-10-13(15)6-7-14(17-10)18-21(19,20)12-4-2-11(3-5-12)8-9-16/h2-7H,8H2,1H3,(H,17,18). The van der Waals surface area contributed by atoms with Crippen molar-refractivity contribution in [1.82, 2.24) is 4.98 Å². The van der Waals surface area contributed by atoms with Crippen molar-refractivity contribution in [2.24, 2.45) is 0 Å². The van der Waals surface area contributed by atoms with E-state index in [-0.39, 0.29) is 17.1 Å². The number of halogens is 1. The number of pyridine rings is 1. The molecule has 1 aromatic carbocycles. The number of anilines is 1. The molecule has 1 N–H and O–H groups in total. The molecular weight excluding hydrogens is 354 g/mol. The fraction of sp³-hybridized carbons (Fsp3) is 0.143. The SMILES string of the molecule is Cc1nc(NS(=O)(=O)c2ccc(CC#N)cc2)ccc1Br. The van der Waals surface area contributed by atoms with E-state index in [1.54, 1.807) is 31.2 Å². The van der Waals surface area contributed by atoms with Crippen LogP contribution >= 0.6 is 15.9 Å². The Labute approximate surface area is 131 Å². The van der Waals surface area contributed by atoms with Gasteiger partial charge in [0.15, 0.2) is 0 Å². The van der Waals surface area contributed by atoms with Gasteiger partial charge in [-0.2, -0.15) is 5.26 Å². The van der Waals surface area contributed by atoms with Crippen LogP contribution in [-0.4, -0.2) is 13.4 Å². The number of hydrogen-bond donors (Lipinski definition) is 1. The van der Waals surface area contributed by atoms with Crippen LogP contribution in [0.3, 0.4) is 0 Å². The lowest BCUT2D eigenvalue weighted by Gasteiger charge is -2.09. The third-order valence-corrected chi connectivity index (χ3v) is 4.99. The van der Waals surface area contributed by atoms with Gasteiger partial charge in [-0.1, -0.05) is 12.1 Å². The van der Waals surface area contributed by atoms with E-state index in [4.69, 9.17) is 5.26 Å². The van der Waals surface area contributed by atoms with Gasteiger partial charge in [0.05, 0.1) is 23.1 Å². The summed E-state index contributed by atoms with van der Waals surface area (Å²) in [4.78, 5) is 4.28. The number of hydrogen-bond acceptors (Lipinski definition) is 4. The Morgan fingerprint density at radius 1 is 1.24 bits per heavy atom. The minimum Gasteiger partial charge on any atom is -0.263 e. The molecule has 0 saturated carbocycles. The first-order valence-corrected chi connectivity index (χ1v) is 8.32. The highest BCUT2D eigenvalue weighted by Crippen LogP contribution is 2.19. The van der Waals surface area contributed by atoms with Crippen LogP contribution in [0.2, 0.25) is 0 Å². The van der Waals surface area contributed by atoms with E-state index in [9.17, 15) is 8.42 Å². The molecule has 0 atom stereocenters. The highest BCUT2D eigenvalue weighted by Gasteiger charge is 2.15. The molecule has 2 rings (SSSR count). The number of rotatable bonds is 4. The highest BCUT2D eigenvalue weighted by atomic mass is 79.9. The van der Waals surface area contributed by atoms with Gasteiger partial charge in [-0.05, 0) is 52.7 Å². The van der Waals surface area contributed by atoms with Gasteiger partial charge in [0.25, 0.3) is 10.0 Å². The quantitative estimate of drug-likeness (QED) is 0.902. The zero-order valence-electron chi connectivity index (χ0n) is 11.2. The van der Waals surface area contributed by atoms with Gasteiger partial charge >= 0.3 is 0 Å². The van der Waals surface area contributed by atoms with E-state index in [1.807, 2.05) is 6.07 Å². The van der Waals surface area contributed by atoms with Crippen LogP contribution in [0, 0.1) is 18.3 Å². The molecule has 2 aromatic rings. The molecule has 0 spiro atoms. The minimum absolute atomic E-state index is 0.131. The molecular formula is C14H12BrN3O2S.